The number of benzene rings is 1. The van der Waals surface area contributed by atoms with Gasteiger partial charge in [0.25, 0.3) is 0 Å². The Morgan fingerprint density at radius 3 is 2.41 bits per heavy atom. The second-order valence-electron chi connectivity index (χ2n) is 4.99. The summed E-state index contributed by atoms with van der Waals surface area (Å²) in [5.74, 6) is 0. The number of primary amides is 1. The Bertz CT molecular complexity index is 439. The van der Waals surface area contributed by atoms with Gasteiger partial charge >= 0.3 is 6.09 Å². The van der Waals surface area contributed by atoms with Crippen LogP contribution < -0.4 is 11.5 Å². The quantitative estimate of drug-likeness (QED) is 0.790. The van der Waals surface area contributed by atoms with Crippen LogP contribution in [0.3, 0.4) is 0 Å². The minimum atomic E-state index is -0.757. The lowest BCUT2D eigenvalue weighted by atomic mass is 9.93. The topological polar surface area (TPSA) is 78.3 Å². The van der Waals surface area contributed by atoms with E-state index in [1.54, 1.807) is 0 Å². The monoisotopic (exact) mass is 236 g/mol. The van der Waals surface area contributed by atoms with Gasteiger partial charge in [-0.25, -0.2) is 4.79 Å². The highest BCUT2D eigenvalue weighted by atomic mass is 16.6. The molecular formula is C13H20N2O2. The third-order valence-electron chi connectivity index (χ3n) is 2.72. The fourth-order valence-electron chi connectivity index (χ4n) is 1.87. The lowest BCUT2D eigenvalue weighted by Crippen LogP contribution is -2.33. The zero-order valence-corrected chi connectivity index (χ0v) is 10.8. The number of hydrogen-bond donors (Lipinski definition) is 2. The smallest absolute Gasteiger partial charge is 0.405 e. The van der Waals surface area contributed by atoms with Crippen LogP contribution in [-0.4, -0.2) is 11.7 Å². The van der Waals surface area contributed by atoms with Crippen molar-refractivity contribution in [3.63, 3.8) is 0 Å². The number of aryl methyl sites for hydroxylation is 2. The molecule has 0 unspecified atom stereocenters. The highest BCUT2D eigenvalue weighted by Crippen LogP contribution is 2.23. The molecule has 4 N–H and O–H groups in total. The van der Waals surface area contributed by atoms with E-state index in [1.165, 1.54) is 0 Å². The van der Waals surface area contributed by atoms with Crippen molar-refractivity contribution in [1.82, 2.24) is 0 Å². The molecule has 0 spiro atoms. The average molecular weight is 236 g/mol. The van der Waals surface area contributed by atoms with Crippen LogP contribution in [0.25, 0.3) is 0 Å². The first kappa shape index (κ1) is 13.4. The van der Waals surface area contributed by atoms with Gasteiger partial charge in [0.2, 0.25) is 0 Å². The van der Waals surface area contributed by atoms with Crippen LogP contribution in [0.2, 0.25) is 0 Å². The Labute approximate surface area is 102 Å². The number of ether oxygens (including phenoxy) is 1. The van der Waals surface area contributed by atoms with Crippen LogP contribution in [0.5, 0.6) is 0 Å². The van der Waals surface area contributed by atoms with Crippen molar-refractivity contribution >= 4 is 11.8 Å². The third-order valence-corrected chi connectivity index (χ3v) is 2.72. The van der Waals surface area contributed by atoms with Gasteiger partial charge in [-0.1, -0.05) is 6.07 Å². The zero-order valence-electron chi connectivity index (χ0n) is 10.8. The molecule has 0 atom stereocenters. The van der Waals surface area contributed by atoms with E-state index in [1.807, 2.05) is 39.8 Å². The summed E-state index contributed by atoms with van der Waals surface area (Å²) in [5, 5.41) is 0. The maximum Gasteiger partial charge on any atom is 0.405 e. The van der Waals surface area contributed by atoms with Gasteiger partial charge in [0.05, 0.1) is 0 Å². The molecule has 0 saturated carbocycles. The fraction of sp³-hybridized carbons (Fsp3) is 0.462. The summed E-state index contributed by atoms with van der Waals surface area (Å²) in [5.41, 5.74) is 14.3. The molecule has 1 amide bonds. The lowest BCUT2D eigenvalue weighted by molar-refractivity contribution is 0.0459. The van der Waals surface area contributed by atoms with Crippen molar-refractivity contribution in [2.24, 2.45) is 5.73 Å². The molecule has 0 heterocycles. The van der Waals surface area contributed by atoms with Crippen molar-refractivity contribution in [3.05, 3.63) is 28.8 Å². The number of amides is 1. The predicted octanol–water partition coefficient (Wildman–Crippen LogP) is 2.30. The van der Waals surface area contributed by atoms with Gasteiger partial charge in [0.1, 0.15) is 5.60 Å². The summed E-state index contributed by atoms with van der Waals surface area (Å²) in [6, 6.07) is 3.96. The Balaban J connectivity index is 2.95. The maximum atomic E-state index is 10.8. The van der Waals surface area contributed by atoms with Crippen LogP contribution >= 0.6 is 0 Å². The molecule has 4 heteroatoms. The van der Waals surface area contributed by atoms with Gasteiger partial charge < -0.3 is 16.2 Å². The molecule has 0 fully saturated rings. The summed E-state index contributed by atoms with van der Waals surface area (Å²) < 4.78 is 5.06. The normalized spacial score (nSPS) is 11.3. The predicted molar refractivity (Wildman–Crippen MR) is 68.8 cm³/mol. The molecule has 0 radical (unpaired) electrons. The SMILES string of the molecule is Cc1cc(C)c(CC(C)(C)OC(N)=O)cc1N. The molecule has 1 aromatic rings. The van der Waals surface area contributed by atoms with Crippen LogP contribution in [0.1, 0.15) is 30.5 Å². The zero-order chi connectivity index (χ0) is 13.2. The molecule has 1 aromatic carbocycles. The number of carbonyl (C=O) groups is 1. The first-order chi connectivity index (χ1) is 7.71. The first-order valence-corrected chi connectivity index (χ1v) is 5.55. The third kappa shape index (κ3) is 3.66. The minimum absolute atomic E-state index is 0.590. The van der Waals surface area contributed by atoms with Crippen molar-refractivity contribution in [2.45, 2.75) is 39.7 Å². The Morgan fingerprint density at radius 2 is 1.88 bits per heavy atom. The van der Waals surface area contributed by atoms with Crippen molar-refractivity contribution < 1.29 is 9.53 Å². The molecule has 0 aliphatic heterocycles. The molecule has 94 valence electrons. The van der Waals surface area contributed by atoms with Gasteiger partial charge in [-0.2, -0.15) is 0 Å². The minimum Gasteiger partial charge on any atom is -0.443 e. The van der Waals surface area contributed by atoms with E-state index in [0.29, 0.717) is 6.42 Å². The number of nitrogen functional groups attached to an aromatic ring is 1. The summed E-state index contributed by atoms with van der Waals surface area (Å²) in [7, 11) is 0. The second kappa shape index (κ2) is 4.65. The van der Waals surface area contributed by atoms with E-state index in [-0.39, 0.29) is 0 Å². The number of nitrogens with two attached hydrogens (primary N) is 2. The van der Waals surface area contributed by atoms with E-state index in [2.05, 4.69) is 0 Å². The van der Waals surface area contributed by atoms with Gasteiger partial charge in [-0.3, -0.25) is 0 Å². The van der Waals surface area contributed by atoms with E-state index >= 15 is 0 Å². The molecule has 0 bridgehead atoms. The standard InChI is InChI=1S/C13H20N2O2/c1-8-5-9(2)11(14)6-10(8)7-13(3,4)17-12(15)16/h5-6H,7,14H2,1-4H3,(H2,15,16). The van der Waals surface area contributed by atoms with Crippen molar-refractivity contribution in [3.8, 4) is 0 Å². The summed E-state index contributed by atoms with van der Waals surface area (Å²) in [6.45, 7) is 7.64. The molecule has 0 saturated heterocycles. The second-order valence-corrected chi connectivity index (χ2v) is 4.99. The van der Waals surface area contributed by atoms with E-state index < -0.39 is 11.7 Å². The molecule has 17 heavy (non-hydrogen) atoms. The number of rotatable bonds is 3. The highest BCUT2D eigenvalue weighted by Gasteiger charge is 2.23. The van der Waals surface area contributed by atoms with Crippen LogP contribution in [0, 0.1) is 13.8 Å². The Hall–Kier alpha value is -1.71. The molecule has 1 rings (SSSR count). The number of carbonyl (C=O) groups excluding carboxylic acids is 1. The lowest BCUT2D eigenvalue weighted by Gasteiger charge is -2.25. The van der Waals surface area contributed by atoms with Gasteiger partial charge in [0.15, 0.2) is 0 Å². The van der Waals surface area contributed by atoms with E-state index in [4.69, 9.17) is 16.2 Å². The van der Waals surface area contributed by atoms with E-state index in [0.717, 1.165) is 22.4 Å². The van der Waals surface area contributed by atoms with Crippen molar-refractivity contribution in [1.29, 1.82) is 0 Å². The average Bonchev–Trinajstić information content (AvgIpc) is 2.11. The Kier molecular flexibility index (Phi) is 3.66. The largest absolute Gasteiger partial charge is 0.443 e. The van der Waals surface area contributed by atoms with E-state index in [9.17, 15) is 4.79 Å². The molecular weight excluding hydrogens is 216 g/mol. The van der Waals surface area contributed by atoms with Crippen LogP contribution in [0.15, 0.2) is 12.1 Å². The Morgan fingerprint density at radius 1 is 1.29 bits per heavy atom. The van der Waals surface area contributed by atoms with Gasteiger partial charge in [-0.05, 0) is 50.5 Å². The summed E-state index contributed by atoms with van der Waals surface area (Å²) in [6.07, 6.45) is -0.167. The molecule has 0 aromatic heterocycles. The number of hydrogen-bond acceptors (Lipinski definition) is 3. The number of anilines is 1. The molecule has 4 nitrogen and oxygen atoms in total. The van der Waals surface area contributed by atoms with Gasteiger partial charge in [-0.15, -0.1) is 0 Å². The summed E-state index contributed by atoms with van der Waals surface area (Å²) in [4.78, 5) is 10.8. The maximum absolute atomic E-state index is 10.8. The molecule has 0 aliphatic rings. The highest BCUT2D eigenvalue weighted by molar-refractivity contribution is 5.65. The van der Waals surface area contributed by atoms with Gasteiger partial charge in [0, 0.05) is 12.1 Å². The van der Waals surface area contributed by atoms with Crippen LogP contribution in [0.4, 0.5) is 10.5 Å². The fourth-order valence-corrected chi connectivity index (χ4v) is 1.87. The van der Waals surface area contributed by atoms with Crippen molar-refractivity contribution in [2.75, 3.05) is 5.73 Å². The molecule has 0 aliphatic carbocycles. The summed E-state index contributed by atoms with van der Waals surface area (Å²) >= 11 is 0. The van der Waals surface area contributed by atoms with Crippen LogP contribution in [-0.2, 0) is 11.2 Å². The first-order valence-electron chi connectivity index (χ1n) is 5.55.